The highest BCUT2D eigenvalue weighted by molar-refractivity contribution is 6.31. The second kappa shape index (κ2) is 5.72. The molecule has 1 saturated heterocycles. The maximum Gasteiger partial charge on any atom is 0.163 e. The Morgan fingerprint density at radius 3 is 2.55 bits per heavy atom. The molecule has 1 fully saturated rings. The minimum absolute atomic E-state index is 0.0132. The van der Waals surface area contributed by atoms with E-state index in [4.69, 9.17) is 11.6 Å². The number of aliphatic hydroxyl groups is 1. The van der Waals surface area contributed by atoms with E-state index in [1.165, 1.54) is 13.0 Å². The molecular weight excluding hydrogens is 278 g/mol. The van der Waals surface area contributed by atoms with E-state index in [1.807, 2.05) is 6.92 Å². The molecule has 0 spiro atoms. The predicted molar refractivity (Wildman–Crippen MR) is 78.3 cm³/mol. The molecule has 5 heteroatoms. The number of carbonyl (C=O) groups excluding carboxylic acids is 1. The third kappa shape index (κ3) is 3.51. The molecule has 0 amide bonds. The third-order valence-corrected chi connectivity index (χ3v) is 4.08. The second-order valence-electron chi connectivity index (χ2n) is 5.79. The quantitative estimate of drug-likeness (QED) is 0.842. The van der Waals surface area contributed by atoms with Crippen LogP contribution in [-0.4, -0.2) is 39.6 Å². The molecule has 1 aromatic rings. The molecule has 1 aromatic carbocycles. The lowest BCUT2D eigenvalue weighted by molar-refractivity contribution is -0.00741. The first-order valence-electron chi connectivity index (χ1n) is 6.75. The Morgan fingerprint density at radius 1 is 1.40 bits per heavy atom. The summed E-state index contributed by atoms with van der Waals surface area (Å²) in [7, 11) is 0. The summed E-state index contributed by atoms with van der Waals surface area (Å²) in [4.78, 5) is 13.6. The summed E-state index contributed by atoms with van der Waals surface area (Å²) in [5, 5.41) is 20.5. The van der Waals surface area contributed by atoms with Gasteiger partial charge < -0.3 is 10.2 Å². The fraction of sp³-hybridized carbons (Fsp3) is 0.533. The van der Waals surface area contributed by atoms with Crippen LogP contribution in [0.2, 0.25) is 5.02 Å². The molecule has 0 saturated carbocycles. The maximum atomic E-state index is 11.5. The van der Waals surface area contributed by atoms with Gasteiger partial charge in [-0.2, -0.15) is 0 Å². The minimum atomic E-state index is -0.600. The van der Waals surface area contributed by atoms with Crippen LogP contribution in [0, 0.1) is 0 Å². The molecule has 0 aromatic heterocycles. The number of hydrogen-bond donors (Lipinski definition) is 2. The summed E-state index contributed by atoms with van der Waals surface area (Å²) in [6, 6.07) is 3.18. The molecule has 2 N–H and O–H groups in total. The molecule has 0 atom stereocenters. The average Bonchev–Trinajstić information content (AvgIpc) is 2.35. The van der Waals surface area contributed by atoms with Crippen molar-refractivity contribution in [3.05, 3.63) is 28.3 Å². The highest BCUT2D eigenvalue weighted by Crippen LogP contribution is 2.30. The lowest BCUT2D eigenvalue weighted by Gasteiger charge is -2.35. The first-order valence-corrected chi connectivity index (χ1v) is 7.13. The zero-order valence-electron chi connectivity index (χ0n) is 11.8. The average molecular weight is 298 g/mol. The number of phenols is 1. The van der Waals surface area contributed by atoms with Crippen LogP contribution in [0.3, 0.4) is 0 Å². The molecule has 0 radical (unpaired) electrons. The number of nitrogens with zero attached hydrogens (tertiary/aromatic N) is 1. The molecule has 0 bridgehead atoms. The van der Waals surface area contributed by atoms with Crippen LogP contribution in [0.1, 0.15) is 42.6 Å². The van der Waals surface area contributed by atoms with Crippen molar-refractivity contribution in [1.29, 1.82) is 0 Å². The van der Waals surface area contributed by atoms with Gasteiger partial charge in [0.2, 0.25) is 0 Å². The highest BCUT2D eigenvalue weighted by atomic mass is 35.5. The van der Waals surface area contributed by atoms with Gasteiger partial charge in [-0.15, -0.1) is 0 Å². The summed E-state index contributed by atoms with van der Waals surface area (Å²) in [6.45, 7) is 5.30. The number of piperidine rings is 1. The van der Waals surface area contributed by atoms with Crippen LogP contribution in [0.15, 0.2) is 12.1 Å². The van der Waals surface area contributed by atoms with E-state index in [-0.39, 0.29) is 17.1 Å². The number of likely N-dealkylation sites (tertiary alicyclic amines) is 1. The number of halogens is 1. The Kier molecular flexibility index (Phi) is 4.37. The van der Waals surface area contributed by atoms with Crippen molar-refractivity contribution in [1.82, 2.24) is 4.90 Å². The van der Waals surface area contributed by atoms with Crippen molar-refractivity contribution < 1.29 is 15.0 Å². The van der Waals surface area contributed by atoms with E-state index in [0.29, 0.717) is 30.0 Å². The van der Waals surface area contributed by atoms with Gasteiger partial charge in [0.05, 0.1) is 11.2 Å². The molecule has 20 heavy (non-hydrogen) atoms. The van der Waals surface area contributed by atoms with Gasteiger partial charge in [-0.1, -0.05) is 11.6 Å². The van der Waals surface area contributed by atoms with Gasteiger partial charge in [0, 0.05) is 30.2 Å². The van der Waals surface area contributed by atoms with Crippen molar-refractivity contribution in [3.8, 4) is 5.75 Å². The Hall–Kier alpha value is -1.10. The number of benzene rings is 1. The van der Waals surface area contributed by atoms with Crippen molar-refractivity contribution in [3.63, 3.8) is 0 Å². The van der Waals surface area contributed by atoms with Gasteiger partial charge in [-0.3, -0.25) is 9.69 Å². The molecule has 0 aliphatic carbocycles. The number of Topliss-reactive ketones (excluding diaryl/α,β-unsaturated/α-hetero) is 1. The molecule has 1 heterocycles. The van der Waals surface area contributed by atoms with Crippen molar-refractivity contribution in [2.75, 3.05) is 13.1 Å². The van der Waals surface area contributed by atoms with Crippen LogP contribution in [0.25, 0.3) is 0 Å². The fourth-order valence-corrected chi connectivity index (χ4v) is 2.72. The van der Waals surface area contributed by atoms with E-state index in [2.05, 4.69) is 4.90 Å². The Bertz CT molecular complexity index is 518. The number of hydrogen-bond acceptors (Lipinski definition) is 4. The summed E-state index contributed by atoms with van der Waals surface area (Å²) in [6.07, 6.45) is 1.40. The van der Waals surface area contributed by atoms with Gasteiger partial charge >= 0.3 is 0 Å². The Balaban J connectivity index is 2.16. The number of rotatable bonds is 3. The normalized spacial score (nSPS) is 19.0. The molecule has 1 aliphatic heterocycles. The largest absolute Gasteiger partial charge is 0.507 e. The van der Waals surface area contributed by atoms with Crippen LogP contribution < -0.4 is 0 Å². The molecule has 1 aliphatic rings. The van der Waals surface area contributed by atoms with Gasteiger partial charge in [-0.05, 0) is 38.8 Å². The summed E-state index contributed by atoms with van der Waals surface area (Å²) >= 11 is 6.01. The summed E-state index contributed by atoms with van der Waals surface area (Å²) in [5.74, 6) is -0.188. The van der Waals surface area contributed by atoms with Gasteiger partial charge in [0.1, 0.15) is 5.75 Å². The smallest absolute Gasteiger partial charge is 0.163 e. The lowest BCUT2D eigenvalue weighted by Crippen LogP contribution is -2.41. The van der Waals surface area contributed by atoms with Crippen LogP contribution in [0.5, 0.6) is 5.75 Å². The van der Waals surface area contributed by atoms with Crippen molar-refractivity contribution in [2.45, 2.75) is 38.8 Å². The van der Waals surface area contributed by atoms with Gasteiger partial charge in [0.25, 0.3) is 0 Å². The molecule has 0 unspecified atom stereocenters. The monoisotopic (exact) mass is 297 g/mol. The van der Waals surface area contributed by atoms with Crippen LogP contribution in [-0.2, 0) is 6.54 Å². The summed E-state index contributed by atoms with van der Waals surface area (Å²) < 4.78 is 0. The lowest BCUT2D eigenvalue weighted by atomic mass is 9.93. The molecule has 2 rings (SSSR count). The van der Waals surface area contributed by atoms with E-state index >= 15 is 0 Å². The zero-order chi connectivity index (χ0) is 14.9. The SMILES string of the molecule is CC(=O)c1cc(Cl)cc(CN2CCC(C)(O)CC2)c1O. The Morgan fingerprint density at radius 2 is 2.00 bits per heavy atom. The van der Waals surface area contributed by atoms with E-state index < -0.39 is 5.60 Å². The summed E-state index contributed by atoms with van der Waals surface area (Å²) in [5.41, 5.74) is 0.318. The van der Waals surface area contributed by atoms with E-state index in [1.54, 1.807) is 6.07 Å². The standard InChI is InChI=1S/C15H20ClNO3/c1-10(18)13-8-12(16)7-11(14(13)19)9-17-5-3-15(2,20)4-6-17/h7-8,19-20H,3-6,9H2,1-2H3. The number of carbonyl (C=O) groups is 1. The zero-order valence-corrected chi connectivity index (χ0v) is 12.6. The minimum Gasteiger partial charge on any atom is -0.507 e. The van der Waals surface area contributed by atoms with Gasteiger partial charge in [-0.25, -0.2) is 0 Å². The number of phenolic OH excluding ortho intramolecular Hbond substituents is 1. The highest BCUT2D eigenvalue weighted by Gasteiger charge is 2.27. The maximum absolute atomic E-state index is 11.5. The second-order valence-corrected chi connectivity index (χ2v) is 6.23. The molecule has 4 nitrogen and oxygen atoms in total. The number of aromatic hydroxyl groups is 1. The predicted octanol–water partition coefficient (Wildman–Crippen LogP) is 2.60. The molecular formula is C15H20ClNO3. The van der Waals surface area contributed by atoms with E-state index in [0.717, 1.165) is 13.1 Å². The third-order valence-electron chi connectivity index (χ3n) is 3.86. The topological polar surface area (TPSA) is 60.8 Å². The number of ketones is 1. The first kappa shape index (κ1) is 15.3. The van der Waals surface area contributed by atoms with Crippen molar-refractivity contribution >= 4 is 17.4 Å². The fourth-order valence-electron chi connectivity index (χ4n) is 2.48. The molecule has 110 valence electrons. The van der Waals surface area contributed by atoms with Crippen molar-refractivity contribution in [2.24, 2.45) is 0 Å². The van der Waals surface area contributed by atoms with Crippen LogP contribution >= 0.6 is 11.6 Å². The Labute approximate surface area is 124 Å². The van der Waals surface area contributed by atoms with E-state index in [9.17, 15) is 15.0 Å². The van der Waals surface area contributed by atoms with Gasteiger partial charge in [0.15, 0.2) is 5.78 Å². The first-order chi connectivity index (χ1) is 9.28. The van der Waals surface area contributed by atoms with Crippen LogP contribution in [0.4, 0.5) is 0 Å².